The van der Waals surface area contributed by atoms with Crippen LogP contribution in [0.4, 0.5) is 0 Å². The predicted molar refractivity (Wildman–Crippen MR) is 98.6 cm³/mol. The van der Waals surface area contributed by atoms with Gasteiger partial charge in [-0.3, -0.25) is 9.59 Å². The highest BCUT2D eigenvalue weighted by Crippen LogP contribution is 2.27. The minimum absolute atomic E-state index is 0.0788. The van der Waals surface area contributed by atoms with Gasteiger partial charge in [-0.25, -0.2) is 0 Å². The van der Waals surface area contributed by atoms with Crippen LogP contribution in [-0.2, 0) is 9.59 Å². The second-order valence-electron chi connectivity index (χ2n) is 6.50. The van der Waals surface area contributed by atoms with Gasteiger partial charge in [0.25, 0.3) is 0 Å². The molecule has 0 aliphatic rings. The Bertz CT molecular complexity index is 778. The molecule has 0 radical (unpaired) electrons. The third kappa shape index (κ3) is 4.92. The number of benzene rings is 2. The second-order valence-corrected chi connectivity index (χ2v) is 6.50. The number of rotatable bonds is 5. The molecule has 1 unspecified atom stereocenters. The van der Waals surface area contributed by atoms with E-state index in [0.29, 0.717) is 5.75 Å². The van der Waals surface area contributed by atoms with Crippen LogP contribution < -0.4 is 10.1 Å². The van der Waals surface area contributed by atoms with Gasteiger partial charge in [-0.05, 0) is 49.9 Å². The van der Waals surface area contributed by atoms with E-state index in [1.54, 1.807) is 0 Å². The van der Waals surface area contributed by atoms with Crippen molar-refractivity contribution in [1.82, 2.24) is 5.32 Å². The third-order valence-electron chi connectivity index (χ3n) is 4.32. The molecule has 1 amide bonds. The minimum atomic E-state index is -0.406. The van der Waals surface area contributed by atoms with Crippen LogP contribution in [0, 0.1) is 27.7 Å². The highest BCUT2D eigenvalue weighted by molar-refractivity contribution is 5.77. The molecule has 0 spiro atoms. The number of aryl methyl sites for hydroxylation is 3. The van der Waals surface area contributed by atoms with Crippen molar-refractivity contribution < 1.29 is 14.3 Å². The lowest BCUT2D eigenvalue weighted by Gasteiger charge is -2.19. The normalized spacial score (nSPS) is 11.7. The zero-order valence-electron chi connectivity index (χ0n) is 15.5. The SMILES string of the molecule is CC(=O)NC(CC(=O)Oc1c(C)ccc(C)c1C)c1ccc(C)cc1. The summed E-state index contributed by atoms with van der Waals surface area (Å²) in [5.74, 6) is 0.0629. The van der Waals surface area contributed by atoms with Crippen LogP contribution in [0.1, 0.15) is 47.2 Å². The van der Waals surface area contributed by atoms with Crippen LogP contribution in [0.5, 0.6) is 5.75 Å². The number of carbonyl (C=O) groups is 2. The first kappa shape index (κ1) is 18.7. The van der Waals surface area contributed by atoms with E-state index in [0.717, 1.165) is 27.8 Å². The van der Waals surface area contributed by atoms with Crippen LogP contribution in [-0.4, -0.2) is 11.9 Å². The summed E-state index contributed by atoms with van der Waals surface area (Å²) in [5.41, 5.74) is 4.96. The molecule has 0 saturated carbocycles. The molecule has 2 rings (SSSR count). The summed E-state index contributed by atoms with van der Waals surface area (Å²) in [5, 5.41) is 2.83. The topological polar surface area (TPSA) is 55.4 Å². The number of carbonyl (C=O) groups excluding carboxylic acids is 2. The van der Waals surface area contributed by atoms with Gasteiger partial charge in [0.05, 0.1) is 12.5 Å². The third-order valence-corrected chi connectivity index (χ3v) is 4.32. The van der Waals surface area contributed by atoms with Gasteiger partial charge in [-0.2, -0.15) is 0 Å². The zero-order chi connectivity index (χ0) is 18.6. The van der Waals surface area contributed by atoms with Crippen molar-refractivity contribution in [3.8, 4) is 5.75 Å². The van der Waals surface area contributed by atoms with E-state index in [4.69, 9.17) is 4.74 Å². The quantitative estimate of drug-likeness (QED) is 0.659. The number of hydrogen-bond acceptors (Lipinski definition) is 3. The minimum Gasteiger partial charge on any atom is -0.426 e. The van der Waals surface area contributed by atoms with Gasteiger partial charge in [0.15, 0.2) is 0 Å². The summed E-state index contributed by atoms with van der Waals surface area (Å²) in [6.07, 6.45) is 0.0788. The van der Waals surface area contributed by atoms with Crippen molar-refractivity contribution in [2.45, 2.75) is 47.1 Å². The fourth-order valence-electron chi connectivity index (χ4n) is 2.70. The number of ether oxygens (including phenoxy) is 1. The van der Waals surface area contributed by atoms with Gasteiger partial charge in [-0.15, -0.1) is 0 Å². The molecule has 2 aromatic rings. The van der Waals surface area contributed by atoms with Crippen LogP contribution in [0.15, 0.2) is 36.4 Å². The number of esters is 1. The van der Waals surface area contributed by atoms with Crippen LogP contribution >= 0.6 is 0 Å². The van der Waals surface area contributed by atoms with Crippen molar-refractivity contribution >= 4 is 11.9 Å². The lowest BCUT2D eigenvalue weighted by atomic mass is 10.0. The molecular weight excluding hydrogens is 314 g/mol. The van der Waals surface area contributed by atoms with Gasteiger partial charge < -0.3 is 10.1 Å². The van der Waals surface area contributed by atoms with Crippen LogP contribution in [0.3, 0.4) is 0 Å². The van der Waals surface area contributed by atoms with Crippen LogP contribution in [0.2, 0.25) is 0 Å². The van der Waals surface area contributed by atoms with Gasteiger partial charge in [-0.1, -0.05) is 42.0 Å². The Kier molecular flexibility index (Phi) is 5.97. The summed E-state index contributed by atoms with van der Waals surface area (Å²) in [4.78, 5) is 24.0. The maximum atomic E-state index is 12.5. The highest BCUT2D eigenvalue weighted by Gasteiger charge is 2.20. The predicted octanol–water partition coefficient (Wildman–Crippen LogP) is 4.09. The number of amides is 1. The number of nitrogens with one attached hydrogen (secondary N) is 1. The number of hydrogen-bond donors (Lipinski definition) is 1. The summed E-state index contributed by atoms with van der Waals surface area (Å²) < 4.78 is 5.62. The molecule has 0 saturated heterocycles. The van der Waals surface area contributed by atoms with Gasteiger partial charge in [0.2, 0.25) is 5.91 Å². The Hall–Kier alpha value is -2.62. The maximum absolute atomic E-state index is 12.5. The summed E-state index contributed by atoms with van der Waals surface area (Å²) in [7, 11) is 0. The summed E-state index contributed by atoms with van der Waals surface area (Å²) in [6, 6.07) is 11.3. The Labute approximate surface area is 149 Å². The Morgan fingerprint density at radius 3 is 2.16 bits per heavy atom. The Morgan fingerprint density at radius 2 is 1.56 bits per heavy atom. The monoisotopic (exact) mass is 339 g/mol. The Balaban J connectivity index is 2.18. The van der Waals surface area contributed by atoms with Gasteiger partial charge in [0.1, 0.15) is 5.75 Å². The zero-order valence-corrected chi connectivity index (χ0v) is 15.5. The molecule has 1 atom stereocenters. The molecule has 0 aliphatic heterocycles. The molecule has 4 heteroatoms. The molecule has 0 aliphatic carbocycles. The first-order valence-electron chi connectivity index (χ1n) is 8.39. The van der Waals surface area contributed by atoms with Crippen LogP contribution in [0.25, 0.3) is 0 Å². The maximum Gasteiger partial charge on any atom is 0.313 e. The van der Waals surface area contributed by atoms with E-state index in [2.05, 4.69) is 5.32 Å². The molecule has 4 nitrogen and oxygen atoms in total. The van der Waals surface area contributed by atoms with Crippen molar-refractivity contribution in [3.05, 3.63) is 64.2 Å². The largest absolute Gasteiger partial charge is 0.426 e. The lowest BCUT2D eigenvalue weighted by Crippen LogP contribution is -2.29. The molecule has 2 aromatic carbocycles. The molecule has 0 heterocycles. The first-order chi connectivity index (χ1) is 11.8. The van der Waals surface area contributed by atoms with E-state index in [1.807, 2.05) is 64.1 Å². The fourth-order valence-corrected chi connectivity index (χ4v) is 2.70. The average Bonchev–Trinajstić information content (AvgIpc) is 2.55. The standard InChI is InChI=1S/C21H25NO3/c1-13-6-10-18(11-7-13)19(22-17(5)23)12-20(24)25-21-15(3)9-8-14(2)16(21)4/h6-11,19H,12H2,1-5H3,(H,22,23). The highest BCUT2D eigenvalue weighted by atomic mass is 16.5. The second kappa shape index (κ2) is 7.97. The van der Waals surface area contributed by atoms with Crippen molar-refractivity contribution in [2.75, 3.05) is 0 Å². The van der Waals surface area contributed by atoms with E-state index < -0.39 is 6.04 Å². The molecule has 1 N–H and O–H groups in total. The van der Waals surface area contributed by atoms with Crippen molar-refractivity contribution in [1.29, 1.82) is 0 Å². The Morgan fingerprint density at radius 1 is 0.960 bits per heavy atom. The lowest BCUT2D eigenvalue weighted by molar-refractivity contribution is -0.135. The first-order valence-corrected chi connectivity index (χ1v) is 8.39. The van der Waals surface area contributed by atoms with Gasteiger partial charge in [0, 0.05) is 6.92 Å². The molecule has 25 heavy (non-hydrogen) atoms. The van der Waals surface area contributed by atoms with E-state index >= 15 is 0 Å². The summed E-state index contributed by atoms with van der Waals surface area (Å²) in [6.45, 7) is 9.28. The molecule has 132 valence electrons. The average molecular weight is 339 g/mol. The fraction of sp³-hybridized carbons (Fsp3) is 0.333. The molecule has 0 fully saturated rings. The molecular formula is C21H25NO3. The smallest absolute Gasteiger partial charge is 0.313 e. The summed E-state index contributed by atoms with van der Waals surface area (Å²) >= 11 is 0. The molecule has 0 bridgehead atoms. The van der Waals surface area contributed by atoms with Crippen molar-refractivity contribution in [3.63, 3.8) is 0 Å². The van der Waals surface area contributed by atoms with Crippen molar-refractivity contribution in [2.24, 2.45) is 0 Å². The molecule has 0 aromatic heterocycles. The van der Waals surface area contributed by atoms with E-state index in [9.17, 15) is 9.59 Å². The van der Waals surface area contributed by atoms with Gasteiger partial charge >= 0.3 is 5.97 Å². The van der Waals surface area contributed by atoms with E-state index in [-0.39, 0.29) is 18.3 Å². The van der Waals surface area contributed by atoms with E-state index in [1.165, 1.54) is 6.92 Å².